The third-order valence-corrected chi connectivity index (χ3v) is 6.80. The number of pyridine rings is 1. The van der Waals surface area contributed by atoms with Crippen molar-refractivity contribution in [3.63, 3.8) is 0 Å². The van der Waals surface area contributed by atoms with Gasteiger partial charge in [0.25, 0.3) is 0 Å². The maximum Gasteiger partial charge on any atom is 0.324 e. The van der Waals surface area contributed by atoms with Gasteiger partial charge in [0, 0.05) is 34.8 Å². The van der Waals surface area contributed by atoms with Gasteiger partial charge in [0.1, 0.15) is 22.8 Å². The van der Waals surface area contributed by atoms with Gasteiger partial charge in [-0.25, -0.2) is 8.42 Å². The van der Waals surface area contributed by atoms with Crippen molar-refractivity contribution in [3.8, 4) is 11.1 Å². The van der Waals surface area contributed by atoms with E-state index >= 15 is 0 Å². The summed E-state index contributed by atoms with van der Waals surface area (Å²) >= 11 is 0. The van der Waals surface area contributed by atoms with Crippen LogP contribution in [0.5, 0.6) is 0 Å². The summed E-state index contributed by atoms with van der Waals surface area (Å²) in [5, 5.41) is 1.68. The van der Waals surface area contributed by atoms with Crippen LogP contribution in [0.4, 0.5) is 0 Å². The maximum absolute atomic E-state index is 13.1. The van der Waals surface area contributed by atoms with E-state index in [1.165, 1.54) is 12.1 Å². The van der Waals surface area contributed by atoms with Crippen LogP contribution in [0.3, 0.4) is 0 Å². The second-order valence-corrected chi connectivity index (χ2v) is 11.3. The Balaban J connectivity index is 1.68. The summed E-state index contributed by atoms with van der Waals surface area (Å²) in [6.45, 7) is 8.75. The van der Waals surface area contributed by atoms with E-state index < -0.39 is 27.6 Å². The first-order valence-corrected chi connectivity index (χ1v) is 12.5. The van der Waals surface area contributed by atoms with E-state index in [9.17, 15) is 13.2 Å². The van der Waals surface area contributed by atoms with E-state index in [4.69, 9.17) is 9.15 Å². The Hall–Kier alpha value is -3.23. The van der Waals surface area contributed by atoms with Gasteiger partial charge in [-0.1, -0.05) is 26.0 Å². The Kier molecular flexibility index (Phi) is 6.22. The highest BCUT2D eigenvalue weighted by atomic mass is 32.2. The number of sulfonamides is 1. The molecule has 7 nitrogen and oxygen atoms in total. The first-order chi connectivity index (χ1) is 15.9. The number of nitrogens with one attached hydrogen (secondary N) is 1. The summed E-state index contributed by atoms with van der Waals surface area (Å²) in [7, 11) is -4.00. The minimum absolute atomic E-state index is 0.0146. The molecule has 1 N–H and O–H groups in total. The SMILES string of the molecule is CC(C)[C@H](NS(=O)(=O)c1ccc2c(c1)oc1ccc(-c3cccnc3)cc12)C(=O)OC(C)(C)C. The molecule has 0 aliphatic carbocycles. The molecular weight excluding hydrogens is 452 g/mol. The van der Waals surface area contributed by atoms with Crippen LogP contribution in [0.1, 0.15) is 34.6 Å². The fraction of sp³-hybridized carbons (Fsp3) is 0.308. The number of hydrogen-bond acceptors (Lipinski definition) is 6. The second-order valence-electron chi connectivity index (χ2n) is 9.59. The molecule has 2 heterocycles. The number of aromatic nitrogens is 1. The number of fused-ring (bicyclic) bond motifs is 3. The third-order valence-electron chi connectivity index (χ3n) is 5.36. The van der Waals surface area contributed by atoms with Gasteiger partial charge in [-0.3, -0.25) is 9.78 Å². The highest BCUT2D eigenvalue weighted by molar-refractivity contribution is 7.89. The number of rotatable bonds is 6. The zero-order chi connectivity index (χ0) is 24.7. The molecule has 8 heteroatoms. The standard InChI is InChI=1S/C26H28N2O5S/c1-16(2)24(25(29)33-26(3,4)5)28-34(30,31)19-9-10-20-21-13-17(18-7-6-12-27-15-18)8-11-22(21)32-23(20)14-19/h6-16,24,28H,1-5H3/t24-/m0/s1. The van der Waals surface area contributed by atoms with Gasteiger partial charge in [0.15, 0.2) is 0 Å². The molecule has 0 saturated carbocycles. The third kappa shape index (κ3) is 4.98. The summed E-state index contributed by atoms with van der Waals surface area (Å²) < 4.78 is 40.2. The molecular formula is C26H28N2O5S. The van der Waals surface area contributed by atoms with Crippen LogP contribution in [0.25, 0.3) is 33.1 Å². The molecule has 0 saturated heterocycles. The van der Waals surface area contributed by atoms with Gasteiger partial charge in [0.2, 0.25) is 10.0 Å². The van der Waals surface area contributed by atoms with Gasteiger partial charge in [0.05, 0.1) is 4.90 Å². The maximum atomic E-state index is 13.1. The van der Waals surface area contributed by atoms with E-state index in [0.717, 1.165) is 21.9 Å². The van der Waals surface area contributed by atoms with Gasteiger partial charge in [-0.2, -0.15) is 4.72 Å². The van der Waals surface area contributed by atoms with Crippen LogP contribution in [0.2, 0.25) is 0 Å². The average Bonchev–Trinajstić information content (AvgIpc) is 3.14. The summed E-state index contributed by atoms with van der Waals surface area (Å²) in [6, 6.07) is 13.4. The molecule has 4 rings (SSSR count). The quantitative estimate of drug-likeness (QED) is 0.376. The lowest BCUT2D eigenvalue weighted by molar-refractivity contribution is -0.158. The normalized spacial score (nSPS) is 13.5. The van der Waals surface area contributed by atoms with Crippen molar-refractivity contribution in [2.24, 2.45) is 5.92 Å². The molecule has 0 radical (unpaired) electrons. The summed E-state index contributed by atoms with van der Waals surface area (Å²) in [5.74, 6) is -0.913. The van der Waals surface area contributed by atoms with E-state index in [1.54, 1.807) is 53.1 Å². The fourth-order valence-electron chi connectivity index (χ4n) is 3.69. The Morgan fingerprint density at radius 1 is 1.00 bits per heavy atom. The lowest BCUT2D eigenvalue weighted by Crippen LogP contribution is -2.47. The highest BCUT2D eigenvalue weighted by Crippen LogP contribution is 2.33. The number of carbonyl (C=O) groups excluding carboxylic acids is 1. The van der Waals surface area contributed by atoms with E-state index in [0.29, 0.717) is 11.2 Å². The van der Waals surface area contributed by atoms with Crippen LogP contribution in [0, 0.1) is 5.92 Å². The van der Waals surface area contributed by atoms with Crippen LogP contribution in [-0.4, -0.2) is 31.0 Å². The van der Waals surface area contributed by atoms with Gasteiger partial charge in [-0.05, 0) is 62.6 Å². The zero-order valence-corrected chi connectivity index (χ0v) is 20.6. The van der Waals surface area contributed by atoms with Crippen molar-refractivity contribution in [2.45, 2.75) is 51.2 Å². The van der Waals surface area contributed by atoms with Crippen LogP contribution >= 0.6 is 0 Å². The summed E-state index contributed by atoms with van der Waals surface area (Å²) in [6.07, 6.45) is 3.51. The first kappa shape index (κ1) is 23.9. The van der Waals surface area contributed by atoms with Crippen LogP contribution in [-0.2, 0) is 19.6 Å². The molecule has 0 aliphatic rings. The number of furan rings is 1. The Labute approximate surface area is 199 Å². The number of hydrogen-bond donors (Lipinski definition) is 1. The van der Waals surface area contributed by atoms with Crippen molar-refractivity contribution in [1.82, 2.24) is 9.71 Å². The predicted octanol–water partition coefficient (Wildman–Crippen LogP) is 5.29. The van der Waals surface area contributed by atoms with Crippen molar-refractivity contribution >= 4 is 37.9 Å². The molecule has 0 aliphatic heterocycles. The van der Waals surface area contributed by atoms with Crippen LogP contribution < -0.4 is 4.72 Å². The molecule has 34 heavy (non-hydrogen) atoms. The first-order valence-electron chi connectivity index (χ1n) is 11.1. The topological polar surface area (TPSA) is 98.5 Å². The Bertz CT molecular complexity index is 1450. The predicted molar refractivity (Wildman–Crippen MR) is 132 cm³/mol. The fourth-order valence-corrected chi connectivity index (χ4v) is 5.04. The molecule has 0 unspecified atom stereocenters. The summed E-state index contributed by atoms with van der Waals surface area (Å²) in [5.41, 5.74) is 2.33. The second kappa shape index (κ2) is 8.85. The van der Waals surface area contributed by atoms with Crippen molar-refractivity contribution in [2.75, 3.05) is 0 Å². The number of nitrogens with zero attached hydrogens (tertiary/aromatic N) is 1. The molecule has 0 amide bonds. The van der Waals surface area contributed by atoms with Crippen LogP contribution in [0.15, 0.2) is 70.2 Å². The number of benzene rings is 2. The smallest absolute Gasteiger partial charge is 0.324 e. The zero-order valence-electron chi connectivity index (χ0n) is 19.8. The van der Waals surface area contributed by atoms with Crippen molar-refractivity contribution in [1.29, 1.82) is 0 Å². The summed E-state index contributed by atoms with van der Waals surface area (Å²) in [4.78, 5) is 16.8. The Morgan fingerprint density at radius 3 is 2.41 bits per heavy atom. The van der Waals surface area contributed by atoms with Crippen molar-refractivity contribution in [3.05, 3.63) is 60.9 Å². The number of esters is 1. The van der Waals surface area contributed by atoms with Gasteiger partial charge >= 0.3 is 5.97 Å². The van der Waals surface area contributed by atoms with Gasteiger partial charge < -0.3 is 9.15 Å². The molecule has 2 aromatic carbocycles. The van der Waals surface area contributed by atoms with E-state index in [2.05, 4.69) is 9.71 Å². The molecule has 0 spiro atoms. The van der Waals surface area contributed by atoms with Crippen molar-refractivity contribution < 1.29 is 22.4 Å². The minimum Gasteiger partial charge on any atom is -0.459 e. The molecule has 1 atom stereocenters. The lowest BCUT2D eigenvalue weighted by atomic mass is 10.0. The number of ether oxygens (including phenoxy) is 1. The molecule has 178 valence electrons. The van der Waals surface area contributed by atoms with E-state index in [-0.39, 0.29) is 10.8 Å². The minimum atomic E-state index is -4.00. The highest BCUT2D eigenvalue weighted by Gasteiger charge is 2.32. The Morgan fingerprint density at radius 2 is 1.76 bits per heavy atom. The molecule has 4 aromatic rings. The number of carbonyl (C=O) groups is 1. The van der Waals surface area contributed by atoms with Gasteiger partial charge in [-0.15, -0.1) is 0 Å². The molecule has 2 aromatic heterocycles. The van der Waals surface area contributed by atoms with E-state index in [1.807, 2.05) is 30.3 Å². The molecule has 0 fully saturated rings. The largest absolute Gasteiger partial charge is 0.459 e. The lowest BCUT2D eigenvalue weighted by Gasteiger charge is -2.26. The molecule has 0 bridgehead atoms. The average molecular weight is 481 g/mol. The monoisotopic (exact) mass is 480 g/mol.